The molecule has 4 N–H and O–H groups in total. The summed E-state index contributed by atoms with van der Waals surface area (Å²) < 4.78 is 40.1. The molecule has 5 heterocycles. The number of ether oxygens (including phenoxy) is 6. The van der Waals surface area contributed by atoms with Crippen molar-refractivity contribution in [2.75, 3.05) is 6.61 Å². The van der Waals surface area contributed by atoms with Crippen LogP contribution in [0, 0.1) is 46.8 Å². The second-order valence-electron chi connectivity index (χ2n) is 21.2. The van der Waals surface area contributed by atoms with Gasteiger partial charge in [-0.25, -0.2) is 4.79 Å². The summed E-state index contributed by atoms with van der Waals surface area (Å²) in [6.07, 6.45) is 5.78. The fraction of sp³-hybridized carbons (Fsp3) is 0.896. The molecule has 61 heavy (non-hydrogen) atoms. The number of hydrogen-bond acceptors (Lipinski definition) is 11. The number of rotatable bonds is 14. The van der Waals surface area contributed by atoms with Crippen LogP contribution in [-0.4, -0.2) is 105 Å². The summed E-state index contributed by atoms with van der Waals surface area (Å²) in [6.45, 7) is 25.8. The molecular formula is C48H81NO12. The average Bonchev–Trinajstić information content (AvgIpc) is 3.54. The van der Waals surface area contributed by atoms with Gasteiger partial charge in [0.1, 0.15) is 11.8 Å². The Bertz CT molecular complexity index is 1570. The minimum Gasteiger partial charge on any atom is -0.481 e. The molecule has 2 unspecified atom stereocenters. The summed E-state index contributed by atoms with van der Waals surface area (Å²) in [5, 5.41) is 36.0. The molecule has 5 aliphatic rings. The molecule has 2 spiro atoms. The Morgan fingerprint density at radius 3 is 2.16 bits per heavy atom. The highest BCUT2D eigenvalue weighted by molar-refractivity contribution is 5.84. The molecule has 0 radical (unpaired) electrons. The third-order valence-corrected chi connectivity index (χ3v) is 15.4. The number of carboxylic acid groups (broad SMARTS) is 1. The Morgan fingerprint density at radius 1 is 0.902 bits per heavy atom. The lowest BCUT2D eigenvalue weighted by molar-refractivity contribution is -0.398. The molecule has 1 amide bonds. The Morgan fingerprint density at radius 2 is 1.57 bits per heavy atom. The van der Waals surface area contributed by atoms with Crippen LogP contribution < -0.4 is 5.32 Å². The minimum absolute atomic E-state index is 0.0267. The second kappa shape index (κ2) is 19.1. The van der Waals surface area contributed by atoms with Gasteiger partial charge in [-0.1, -0.05) is 82.2 Å². The molecule has 4 fully saturated rings. The monoisotopic (exact) mass is 864 g/mol. The van der Waals surface area contributed by atoms with E-state index < -0.39 is 95.1 Å². The lowest BCUT2D eigenvalue weighted by Gasteiger charge is -2.55. The number of hydrogen-bond donors (Lipinski definition) is 4. The third-order valence-electron chi connectivity index (χ3n) is 15.4. The fourth-order valence-corrected chi connectivity index (χ4v) is 11.1. The largest absolute Gasteiger partial charge is 0.481 e. The highest BCUT2D eigenvalue weighted by Crippen LogP contribution is 2.54. The standard InChI is InChI=1S/C48H81NO12/c1-14-33(42(52)53)35-18-17-27(4)40(58-35)31(8)38(50)30(7)39(51)34(15-2)41-28(5)25-29(6)47(59-41)22-19-36(49-43(54)56-26-44(10,11)12)48(61-47)24-23-45(13,60-48)37-20-21-46(55,16-3)32(9)57-37/h19,22,27-38,40-41,50,55H,14-18,20-21,23-26H2,1-13H3,(H,49,54)(H,52,53)/t27-,28-,29+,30-,31-,32-,33+,34?,35+,36?,37+,38+,40+,41-,45-,46+,47-,48-/m0/s1. The highest BCUT2D eigenvalue weighted by atomic mass is 16.8. The molecule has 4 saturated heterocycles. The Labute approximate surface area is 365 Å². The van der Waals surface area contributed by atoms with Gasteiger partial charge in [0, 0.05) is 30.1 Å². The number of Topliss-reactive ketones (excluding diaryl/α,β-unsaturated/α-hetero) is 1. The van der Waals surface area contributed by atoms with Crippen LogP contribution in [0.4, 0.5) is 4.79 Å². The maximum absolute atomic E-state index is 14.7. The van der Waals surface area contributed by atoms with Gasteiger partial charge in [0.2, 0.25) is 0 Å². The van der Waals surface area contributed by atoms with Crippen LogP contribution in [0.15, 0.2) is 12.2 Å². The van der Waals surface area contributed by atoms with E-state index in [1.807, 2.05) is 74.5 Å². The Balaban J connectivity index is 1.39. The van der Waals surface area contributed by atoms with Crippen molar-refractivity contribution in [3.8, 4) is 0 Å². The normalized spacial score (nSPS) is 41.8. The van der Waals surface area contributed by atoms with Gasteiger partial charge >= 0.3 is 12.1 Å². The second-order valence-corrected chi connectivity index (χ2v) is 21.2. The molecule has 0 aromatic carbocycles. The van der Waals surface area contributed by atoms with Gasteiger partial charge in [0.15, 0.2) is 11.6 Å². The van der Waals surface area contributed by atoms with Crippen molar-refractivity contribution in [2.45, 2.75) is 220 Å². The molecule has 0 bridgehead atoms. The molecule has 0 saturated carbocycles. The van der Waals surface area contributed by atoms with Crippen molar-refractivity contribution in [1.82, 2.24) is 5.32 Å². The zero-order valence-corrected chi connectivity index (χ0v) is 39.5. The molecular weight excluding hydrogens is 783 g/mol. The zero-order valence-electron chi connectivity index (χ0n) is 39.5. The van der Waals surface area contributed by atoms with E-state index >= 15 is 0 Å². The van der Waals surface area contributed by atoms with Gasteiger partial charge in [-0.15, -0.1) is 0 Å². The van der Waals surface area contributed by atoms with Crippen LogP contribution in [0.5, 0.6) is 0 Å². The predicted molar refractivity (Wildman–Crippen MR) is 230 cm³/mol. The molecule has 5 rings (SSSR count). The zero-order chi connectivity index (χ0) is 45.5. The summed E-state index contributed by atoms with van der Waals surface area (Å²) >= 11 is 0. The third kappa shape index (κ3) is 10.4. The van der Waals surface area contributed by atoms with Crippen LogP contribution in [0.3, 0.4) is 0 Å². The first-order valence-corrected chi connectivity index (χ1v) is 23.6. The van der Waals surface area contributed by atoms with Crippen LogP contribution in [0.1, 0.15) is 154 Å². The van der Waals surface area contributed by atoms with Gasteiger partial charge in [-0.05, 0) is 95.0 Å². The van der Waals surface area contributed by atoms with Crippen LogP contribution in [0.2, 0.25) is 0 Å². The maximum Gasteiger partial charge on any atom is 0.407 e. The van der Waals surface area contributed by atoms with Crippen LogP contribution in [0.25, 0.3) is 0 Å². The van der Waals surface area contributed by atoms with E-state index in [9.17, 15) is 29.7 Å². The van der Waals surface area contributed by atoms with E-state index in [0.29, 0.717) is 57.8 Å². The lowest BCUT2D eigenvalue weighted by Crippen LogP contribution is -2.65. The van der Waals surface area contributed by atoms with Crippen LogP contribution >= 0.6 is 0 Å². The van der Waals surface area contributed by atoms with Gasteiger partial charge in [-0.2, -0.15) is 0 Å². The molecule has 0 aliphatic carbocycles. The number of ketones is 1. The molecule has 350 valence electrons. The molecule has 13 heteroatoms. The first kappa shape index (κ1) is 49.9. The summed E-state index contributed by atoms with van der Waals surface area (Å²) in [5.74, 6) is -6.09. The van der Waals surface area contributed by atoms with E-state index in [2.05, 4.69) is 26.1 Å². The van der Waals surface area contributed by atoms with Crippen molar-refractivity contribution in [2.24, 2.45) is 46.8 Å². The lowest BCUT2D eigenvalue weighted by atomic mass is 9.72. The number of nitrogens with one attached hydrogen (secondary N) is 1. The van der Waals surface area contributed by atoms with Gasteiger partial charge in [-0.3, -0.25) is 9.59 Å². The molecule has 0 aromatic heterocycles. The van der Waals surface area contributed by atoms with Crippen molar-refractivity contribution in [1.29, 1.82) is 0 Å². The Kier molecular flexibility index (Phi) is 15.7. The number of carboxylic acids is 1. The number of aliphatic hydroxyl groups excluding tert-OH is 1. The summed E-state index contributed by atoms with van der Waals surface area (Å²) in [7, 11) is 0. The number of aliphatic hydroxyl groups is 2. The topological polar surface area (TPSA) is 179 Å². The van der Waals surface area contributed by atoms with E-state index in [-0.39, 0.29) is 41.7 Å². The average molecular weight is 864 g/mol. The van der Waals surface area contributed by atoms with E-state index in [1.54, 1.807) is 6.92 Å². The number of aliphatic carboxylic acids is 1. The fourth-order valence-electron chi connectivity index (χ4n) is 11.1. The van der Waals surface area contributed by atoms with Crippen molar-refractivity contribution >= 4 is 17.8 Å². The van der Waals surface area contributed by atoms with E-state index in [0.717, 1.165) is 6.42 Å². The molecule has 0 aromatic rings. The van der Waals surface area contributed by atoms with Crippen LogP contribution in [-0.2, 0) is 38.0 Å². The number of carbonyl (C=O) groups is 3. The van der Waals surface area contributed by atoms with E-state index in [1.165, 1.54) is 0 Å². The first-order valence-electron chi connectivity index (χ1n) is 23.6. The predicted octanol–water partition coefficient (Wildman–Crippen LogP) is 7.97. The summed E-state index contributed by atoms with van der Waals surface area (Å²) in [5.41, 5.74) is -1.97. The number of alkyl carbamates (subject to hydrolysis) is 1. The first-order chi connectivity index (χ1) is 28.4. The quantitative estimate of drug-likeness (QED) is 0.124. The van der Waals surface area contributed by atoms with Gasteiger partial charge in [0.25, 0.3) is 0 Å². The van der Waals surface area contributed by atoms with Gasteiger partial charge in [0.05, 0.1) is 60.4 Å². The highest BCUT2D eigenvalue weighted by Gasteiger charge is 2.63. The summed E-state index contributed by atoms with van der Waals surface area (Å²) in [4.78, 5) is 40.0. The number of amides is 1. The van der Waals surface area contributed by atoms with Crippen molar-refractivity contribution < 1.29 is 58.1 Å². The molecule has 18 atom stereocenters. The van der Waals surface area contributed by atoms with Gasteiger partial charge < -0.3 is 49.1 Å². The molecule has 13 nitrogen and oxygen atoms in total. The molecule has 5 aliphatic heterocycles. The SMILES string of the molecule is CCC(C(=O)[C@@H](C)[C@@H](O)[C@H](C)[C@@H]1O[C@@H]([C@@H](CC)C(=O)O)CC[C@@H]1C)[C@H]1O[C@]2(C=CC(NC(=O)OCC(C)(C)C)[C@]3(CC[C@@](C)([C@H]4CC[C@](O)(CC)[C@H](C)O4)O3)O2)[C@H](C)C[C@@H]1C. The number of carbonyl (C=O) groups excluding carboxylic acids is 2. The Hall–Kier alpha value is -2.13. The van der Waals surface area contributed by atoms with E-state index in [4.69, 9.17) is 28.4 Å². The van der Waals surface area contributed by atoms with Crippen molar-refractivity contribution in [3.63, 3.8) is 0 Å². The smallest absolute Gasteiger partial charge is 0.407 e. The maximum atomic E-state index is 14.7. The summed E-state index contributed by atoms with van der Waals surface area (Å²) in [6, 6.07) is -0.734. The minimum atomic E-state index is -1.37. The van der Waals surface area contributed by atoms with Crippen molar-refractivity contribution in [3.05, 3.63) is 12.2 Å².